The zero-order chi connectivity index (χ0) is 48.6. The Morgan fingerprint density at radius 2 is 0.493 bits per heavy atom. The molecule has 0 aromatic carbocycles. The van der Waals surface area contributed by atoms with Gasteiger partial charge in [-0.25, -0.2) is 0 Å². The van der Waals surface area contributed by atoms with Gasteiger partial charge in [-0.15, -0.1) is 0 Å². The highest BCUT2D eigenvalue weighted by Gasteiger charge is 2.19. The standard InChI is InChI=1S/C61H116O6/c1-4-7-10-13-16-19-22-25-27-29-30-32-33-36-39-42-45-48-51-54-60(63)66-57-58(56-65-59(62)53-50-47-44-41-38-35-24-21-18-15-12-9-6-3)67-61(64)55-52-49-46-43-40-37-34-31-28-26-23-20-17-14-11-8-5-2/h29-30,58H,4-28,31-57H2,1-3H3/b30-29-. The van der Waals surface area contributed by atoms with Crippen LogP contribution in [0.15, 0.2) is 12.2 Å². The SMILES string of the molecule is CCCCCCCCCC/C=C\CCCCCCCCCC(=O)OCC(COC(=O)CCCCCCCCCCCCCCC)OC(=O)CCCCCCCCCCCCCCCCCCC. The lowest BCUT2D eigenvalue weighted by atomic mass is 10.0. The molecule has 0 aromatic heterocycles. The topological polar surface area (TPSA) is 78.9 Å². The zero-order valence-corrected chi connectivity index (χ0v) is 45.5. The van der Waals surface area contributed by atoms with Gasteiger partial charge in [0.1, 0.15) is 13.2 Å². The van der Waals surface area contributed by atoms with Gasteiger partial charge >= 0.3 is 17.9 Å². The van der Waals surface area contributed by atoms with Crippen LogP contribution in [-0.4, -0.2) is 37.2 Å². The van der Waals surface area contributed by atoms with E-state index in [9.17, 15) is 14.4 Å². The van der Waals surface area contributed by atoms with E-state index >= 15 is 0 Å². The quantitative estimate of drug-likeness (QED) is 0.0262. The third kappa shape index (κ3) is 55.0. The fourth-order valence-electron chi connectivity index (χ4n) is 9.21. The minimum atomic E-state index is -0.766. The van der Waals surface area contributed by atoms with E-state index in [1.807, 2.05) is 0 Å². The summed E-state index contributed by atoms with van der Waals surface area (Å²) < 4.78 is 16.9. The molecule has 0 saturated heterocycles. The Morgan fingerprint density at radius 1 is 0.284 bits per heavy atom. The number of rotatable bonds is 56. The van der Waals surface area contributed by atoms with Gasteiger partial charge in [0, 0.05) is 19.3 Å². The Morgan fingerprint density at radius 3 is 0.746 bits per heavy atom. The van der Waals surface area contributed by atoms with Crippen molar-refractivity contribution in [1.82, 2.24) is 0 Å². The van der Waals surface area contributed by atoms with Crippen molar-refractivity contribution in [3.8, 4) is 0 Å². The van der Waals surface area contributed by atoms with Gasteiger partial charge in [-0.3, -0.25) is 14.4 Å². The van der Waals surface area contributed by atoms with Crippen LogP contribution in [0.2, 0.25) is 0 Å². The highest BCUT2D eigenvalue weighted by Crippen LogP contribution is 2.17. The summed E-state index contributed by atoms with van der Waals surface area (Å²) >= 11 is 0. The van der Waals surface area contributed by atoms with Gasteiger partial charge in [-0.1, -0.05) is 290 Å². The summed E-state index contributed by atoms with van der Waals surface area (Å²) in [5.41, 5.74) is 0. The van der Waals surface area contributed by atoms with E-state index in [1.54, 1.807) is 0 Å². The van der Waals surface area contributed by atoms with E-state index in [0.29, 0.717) is 19.3 Å². The van der Waals surface area contributed by atoms with E-state index in [4.69, 9.17) is 14.2 Å². The van der Waals surface area contributed by atoms with Crippen molar-refractivity contribution < 1.29 is 28.6 Å². The predicted molar refractivity (Wildman–Crippen MR) is 289 cm³/mol. The van der Waals surface area contributed by atoms with Crippen LogP contribution in [-0.2, 0) is 28.6 Å². The molecule has 0 rings (SSSR count). The van der Waals surface area contributed by atoms with E-state index < -0.39 is 6.10 Å². The van der Waals surface area contributed by atoms with E-state index in [-0.39, 0.29) is 31.1 Å². The van der Waals surface area contributed by atoms with E-state index in [2.05, 4.69) is 32.9 Å². The highest BCUT2D eigenvalue weighted by molar-refractivity contribution is 5.71. The van der Waals surface area contributed by atoms with Crippen molar-refractivity contribution >= 4 is 17.9 Å². The van der Waals surface area contributed by atoms with Crippen molar-refractivity contribution in [3.63, 3.8) is 0 Å². The van der Waals surface area contributed by atoms with Gasteiger partial charge in [-0.2, -0.15) is 0 Å². The minimum Gasteiger partial charge on any atom is -0.462 e. The fourth-order valence-corrected chi connectivity index (χ4v) is 9.21. The summed E-state index contributed by atoms with van der Waals surface area (Å²) in [6.45, 7) is 6.70. The Kier molecular flexibility index (Phi) is 55.2. The van der Waals surface area contributed by atoms with Crippen LogP contribution in [0, 0.1) is 0 Å². The number of esters is 3. The molecule has 0 aromatic rings. The first-order valence-corrected chi connectivity index (χ1v) is 30.2. The third-order valence-corrected chi connectivity index (χ3v) is 13.8. The monoisotopic (exact) mass is 945 g/mol. The molecule has 0 fully saturated rings. The maximum atomic E-state index is 12.9. The fraction of sp³-hybridized carbons (Fsp3) is 0.918. The number of ether oxygens (including phenoxy) is 3. The molecule has 1 atom stereocenters. The maximum absolute atomic E-state index is 12.9. The third-order valence-electron chi connectivity index (χ3n) is 13.8. The molecule has 0 amide bonds. The summed E-state index contributed by atoms with van der Waals surface area (Å²) in [5.74, 6) is -0.843. The maximum Gasteiger partial charge on any atom is 0.306 e. The van der Waals surface area contributed by atoms with Crippen molar-refractivity contribution in [3.05, 3.63) is 12.2 Å². The van der Waals surface area contributed by atoms with Crippen LogP contribution in [0.25, 0.3) is 0 Å². The van der Waals surface area contributed by atoms with Gasteiger partial charge < -0.3 is 14.2 Å². The number of carbonyl (C=O) groups excluding carboxylic acids is 3. The molecule has 0 aliphatic carbocycles. The molecule has 0 aliphatic heterocycles. The molecule has 0 spiro atoms. The average molecular weight is 946 g/mol. The molecule has 0 radical (unpaired) electrons. The first-order valence-electron chi connectivity index (χ1n) is 30.2. The number of allylic oxidation sites excluding steroid dienone is 2. The summed E-state index contributed by atoms with van der Waals surface area (Å²) in [6.07, 6.45) is 64.9. The number of unbranched alkanes of at least 4 members (excludes halogenated alkanes) is 43. The first kappa shape index (κ1) is 65.1. The van der Waals surface area contributed by atoms with Crippen molar-refractivity contribution in [2.75, 3.05) is 13.2 Å². The summed E-state index contributed by atoms with van der Waals surface area (Å²) in [6, 6.07) is 0. The van der Waals surface area contributed by atoms with Gasteiger partial charge in [0.2, 0.25) is 0 Å². The van der Waals surface area contributed by atoms with E-state index in [0.717, 1.165) is 57.8 Å². The van der Waals surface area contributed by atoms with Crippen molar-refractivity contribution in [2.24, 2.45) is 0 Å². The smallest absolute Gasteiger partial charge is 0.306 e. The summed E-state index contributed by atoms with van der Waals surface area (Å²) in [7, 11) is 0. The minimum absolute atomic E-state index is 0.0651. The van der Waals surface area contributed by atoms with Gasteiger partial charge in [0.15, 0.2) is 6.10 Å². The lowest BCUT2D eigenvalue weighted by Gasteiger charge is -2.18. The van der Waals surface area contributed by atoms with Crippen LogP contribution < -0.4 is 0 Å². The average Bonchev–Trinajstić information content (AvgIpc) is 3.33. The van der Waals surface area contributed by atoms with Gasteiger partial charge in [0.05, 0.1) is 0 Å². The van der Waals surface area contributed by atoms with Crippen LogP contribution in [0.5, 0.6) is 0 Å². The van der Waals surface area contributed by atoms with Crippen LogP contribution >= 0.6 is 0 Å². The second-order valence-corrected chi connectivity index (χ2v) is 20.6. The summed E-state index contributed by atoms with van der Waals surface area (Å²) in [5, 5.41) is 0. The summed E-state index contributed by atoms with van der Waals surface area (Å²) in [4.78, 5) is 38.2. The molecule has 1 unspecified atom stereocenters. The Bertz CT molecular complexity index is 1040. The number of carbonyl (C=O) groups is 3. The molecule has 0 bridgehead atoms. The molecule has 6 nitrogen and oxygen atoms in total. The Balaban J connectivity index is 4.29. The molecule has 396 valence electrons. The Hall–Kier alpha value is -1.85. The molecule has 0 N–H and O–H groups in total. The van der Waals surface area contributed by atoms with Crippen molar-refractivity contribution in [2.45, 2.75) is 348 Å². The normalized spacial score (nSPS) is 12.0. The highest BCUT2D eigenvalue weighted by atomic mass is 16.6. The van der Waals surface area contributed by atoms with E-state index in [1.165, 1.54) is 244 Å². The van der Waals surface area contributed by atoms with Crippen LogP contribution in [0.4, 0.5) is 0 Å². The molecule has 0 saturated carbocycles. The van der Waals surface area contributed by atoms with Gasteiger partial charge in [0.25, 0.3) is 0 Å². The largest absolute Gasteiger partial charge is 0.462 e. The first-order chi connectivity index (χ1) is 33.0. The number of hydrogen-bond acceptors (Lipinski definition) is 6. The zero-order valence-electron chi connectivity index (χ0n) is 45.5. The molecule has 0 heterocycles. The molecular weight excluding hydrogens is 829 g/mol. The predicted octanol–water partition coefficient (Wildman–Crippen LogP) is 20.1. The lowest BCUT2D eigenvalue weighted by Crippen LogP contribution is -2.30. The Labute approximate surface area is 418 Å². The van der Waals surface area contributed by atoms with Crippen LogP contribution in [0.3, 0.4) is 0 Å². The second kappa shape index (κ2) is 56.7. The lowest BCUT2D eigenvalue weighted by molar-refractivity contribution is -0.167. The molecular formula is C61H116O6. The number of hydrogen-bond donors (Lipinski definition) is 0. The molecule has 0 aliphatic rings. The molecule has 6 heteroatoms. The second-order valence-electron chi connectivity index (χ2n) is 20.6. The molecule has 67 heavy (non-hydrogen) atoms. The van der Waals surface area contributed by atoms with Gasteiger partial charge in [-0.05, 0) is 44.9 Å². The van der Waals surface area contributed by atoms with Crippen molar-refractivity contribution in [1.29, 1.82) is 0 Å². The van der Waals surface area contributed by atoms with Crippen LogP contribution in [0.1, 0.15) is 342 Å².